The van der Waals surface area contributed by atoms with Gasteiger partial charge in [0, 0.05) is 12.1 Å². The molecule has 0 amide bonds. The van der Waals surface area contributed by atoms with E-state index in [1.807, 2.05) is 0 Å². The molecule has 24 heavy (non-hydrogen) atoms. The number of rotatable bonds is 6. The zero-order valence-corrected chi connectivity index (χ0v) is 13.8. The first kappa shape index (κ1) is 16.9. The Bertz CT molecular complexity index is 813. The predicted octanol–water partition coefficient (Wildman–Crippen LogP) is 3.40. The van der Waals surface area contributed by atoms with Crippen LogP contribution in [-0.4, -0.2) is 15.5 Å². The number of methoxy groups -OCH3 is 1. The maximum atomic E-state index is 13.3. The summed E-state index contributed by atoms with van der Waals surface area (Å²) < 4.78 is 59.3. The number of sulfonamides is 1. The Balaban J connectivity index is 1.89. The number of hydrogen-bond donors (Lipinski definition) is 1. The summed E-state index contributed by atoms with van der Waals surface area (Å²) in [4.78, 5) is -0.417. The quantitative estimate of drug-likeness (QED) is 0.866. The van der Waals surface area contributed by atoms with E-state index >= 15 is 0 Å². The highest BCUT2D eigenvalue weighted by molar-refractivity contribution is 7.89. The van der Waals surface area contributed by atoms with Crippen LogP contribution in [0.2, 0.25) is 0 Å². The highest BCUT2D eigenvalue weighted by Crippen LogP contribution is 2.42. The van der Waals surface area contributed by atoms with Crippen LogP contribution in [-0.2, 0) is 10.0 Å². The first-order valence-corrected chi connectivity index (χ1v) is 9.00. The van der Waals surface area contributed by atoms with Crippen LogP contribution >= 0.6 is 0 Å². The molecule has 1 aliphatic carbocycles. The van der Waals surface area contributed by atoms with Gasteiger partial charge in [0.25, 0.3) is 0 Å². The van der Waals surface area contributed by atoms with E-state index in [-0.39, 0.29) is 5.92 Å². The lowest BCUT2D eigenvalue weighted by Gasteiger charge is -2.19. The molecule has 2 aromatic carbocycles. The van der Waals surface area contributed by atoms with Gasteiger partial charge in [0.15, 0.2) is 0 Å². The van der Waals surface area contributed by atoms with Crippen LogP contribution in [0, 0.1) is 17.6 Å². The van der Waals surface area contributed by atoms with Crippen LogP contribution in [0.25, 0.3) is 0 Å². The average molecular weight is 353 g/mol. The van der Waals surface area contributed by atoms with Crippen molar-refractivity contribution < 1.29 is 21.9 Å². The summed E-state index contributed by atoms with van der Waals surface area (Å²) in [5.41, 5.74) is 0.791. The maximum absolute atomic E-state index is 13.3. The maximum Gasteiger partial charge on any atom is 0.241 e. The Morgan fingerprint density at radius 3 is 2.17 bits per heavy atom. The van der Waals surface area contributed by atoms with Gasteiger partial charge in [-0.05, 0) is 48.6 Å². The molecule has 1 fully saturated rings. The van der Waals surface area contributed by atoms with Crippen molar-refractivity contribution in [3.8, 4) is 5.75 Å². The van der Waals surface area contributed by atoms with Gasteiger partial charge in [-0.25, -0.2) is 21.9 Å². The highest BCUT2D eigenvalue weighted by atomic mass is 32.2. The van der Waals surface area contributed by atoms with Crippen molar-refractivity contribution in [2.24, 2.45) is 5.92 Å². The third kappa shape index (κ3) is 3.73. The van der Waals surface area contributed by atoms with Crippen molar-refractivity contribution in [1.82, 2.24) is 4.72 Å². The van der Waals surface area contributed by atoms with E-state index in [1.165, 1.54) is 0 Å². The molecule has 0 spiro atoms. The van der Waals surface area contributed by atoms with E-state index < -0.39 is 32.6 Å². The molecule has 1 unspecified atom stereocenters. The van der Waals surface area contributed by atoms with Crippen LogP contribution < -0.4 is 9.46 Å². The molecule has 1 N–H and O–H groups in total. The van der Waals surface area contributed by atoms with Crippen molar-refractivity contribution in [2.45, 2.75) is 23.8 Å². The molecule has 4 nitrogen and oxygen atoms in total. The van der Waals surface area contributed by atoms with Crippen LogP contribution in [0.15, 0.2) is 47.4 Å². The number of nitrogens with one attached hydrogen (secondary N) is 1. The van der Waals surface area contributed by atoms with Crippen LogP contribution in [0.3, 0.4) is 0 Å². The minimum Gasteiger partial charge on any atom is -0.497 e. The molecule has 0 radical (unpaired) electrons. The molecule has 7 heteroatoms. The molecule has 0 aliphatic heterocycles. The Morgan fingerprint density at radius 1 is 1.08 bits per heavy atom. The van der Waals surface area contributed by atoms with E-state index in [0.29, 0.717) is 11.8 Å². The molecule has 0 heterocycles. The van der Waals surface area contributed by atoms with Gasteiger partial charge in [0.2, 0.25) is 10.0 Å². The minimum atomic E-state index is -4.03. The number of benzene rings is 2. The van der Waals surface area contributed by atoms with Gasteiger partial charge in [-0.15, -0.1) is 0 Å². The van der Waals surface area contributed by atoms with Gasteiger partial charge < -0.3 is 4.74 Å². The van der Waals surface area contributed by atoms with Crippen molar-refractivity contribution >= 4 is 10.0 Å². The topological polar surface area (TPSA) is 55.4 Å². The number of ether oxygens (including phenoxy) is 1. The van der Waals surface area contributed by atoms with E-state index in [0.717, 1.165) is 30.5 Å². The SMILES string of the molecule is COc1ccc(C(NS(=O)(=O)c2cc(F)cc(F)c2)C2CC2)cc1. The summed E-state index contributed by atoms with van der Waals surface area (Å²) >= 11 is 0. The lowest BCUT2D eigenvalue weighted by atomic mass is 10.0. The Kier molecular flexibility index (Phi) is 4.56. The number of halogens is 2. The Morgan fingerprint density at radius 2 is 1.67 bits per heavy atom. The molecular weight excluding hydrogens is 336 g/mol. The van der Waals surface area contributed by atoms with E-state index in [4.69, 9.17) is 4.74 Å². The lowest BCUT2D eigenvalue weighted by Crippen LogP contribution is -2.30. The third-order valence-corrected chi connectivity index (χ3v) is 5.42. The Hall–Kier alpha value is -1.99. The summed E-state index contributed by atoms with van der Waals surface area (Å²) in [6.07, 6.45) is 1.80. The fourth-order valence-corrected chi connectivity index (χ4v) is 3.93. The molecular formula is C17H17F2NO3S. The van der Waals surface area contributed by atoms with Crippen molar-refractivity contribution in [1.29, 1.82) is 0 Å². The molecule has 0 saturated heterocycles. The summed E-state index contributed by atoms with van der Waals surface area (Å²) in [5.74, 6) is -1.01. The van der Waals surface area contributed by atoms with Crippen molar-refractivity contribution in [3.63, 3.8) is 0 Å². The van der Waals surface area contributed by atoms with E-state index in [1.54, 1.807) is 31.4 Å². The average Bonchev–Trinajstić information content (AvgIpc) is 3.37. The van der Waals surface area contributed by atoms with Gasteiger partial charge >= 0.3 is 0 Å². The van der Waals surface area contributed by atoms with Crippen molar-refractivity contribution in [3.05, 3.63) is 59.7 Å². The van der Waals surface area contributed by atoms with Gasteiger partial charge in [-0.1, -0.05) is 12.1 Å². The summed E-state index contributed by atoms with van der Waals surface area (Å²) in [5, 5.41) is 0. The summed E-state index contributed by atoms with van der Waals surface area (Å²) in [6.45, 7) is 0. The minimum absolute atomic E-state index is 0.173. The highest BCUT2D eigenvalue weighted by Gasteiger charge is 2.35. The first-order chi connectivity index (χ1) is 11.4. The number of hydrogen-bond acceptors (Lipinski definition) is 3. The fraction of sp³-hybridized carbons (Fsp3) is 0.294. The molecule has 1 saturated carbocycles. The second-order valence-corrected chi connectivity index (χ2v) is 7.53. The van der Waals surface area contributed by atoms with E-state index in [2.05, 4.69) is 4.72 Å². The largest absolute Gasteiger partial charge is 0.497 e. The second-order valence-electron chi connectivity index (χ2n) is 5.81. The molecule has 1 aliphatic rings. The van der Waals surface area contributed by atoms with E-state index in [9.17, 15) is 17.2 Å². The van der Waals surface area contributed by atoms with Gasteiger partial charge in [0.1, 0.15) is 17.4 Å². The lowest BCUT2D eigenvalue weighted by molar-refractivity contribution is 0.414. The van der Waals surface area contributed by atoms with Crippen LogP contribution in [0.4, 0.5) is 8.78 Å². The third-order valence-electron chi connectivity index (χ3n) is 4.00. The molecule has 2 aromatic rings. The van der Waals surface area contributed by atoms with Gasteiger partial charge in [0.05, 0.1) is 12.0 Å². The zero-order valence-electron chi connectivity index (χ0n) is 13.0. The van der Waals surface area contributed by atoms with Gasteiger partial charge in [-0.3, -0.25) is 0 Å². The van der Waals surface area contributed by atoms with Gasteiger partial charge in [-0.2, -0.15) is 0 Å². The predicted molar refractivity (Wildman–Crippen MR) is 85.1 cm³/mol. The Labute approximate surface area is 139 Å². The standard InChI is InChI=1S/C17H17F2NO3S/c1-23-15-6-4-12(5-7-15)17(11-2-3-11)20-24(21,22)16-9-13(18)8-14(19)10-16/h4-11,17,20H,2-3H2,1H3. The molecule has 0 aromatic heterocycles. The summed E-state index contributed by atoms with van der Waals surface area (Å²) in [6, 6.07) is 8.90. The first-order valence-electron chi connectivity index (χ1n) is 7.51. The molecule has 1 atom stereocenters. The monoisotopic (exact) mass is 353 g/mol. The molecule has 3 rings (SSSR count). The molecule has 0 bridgehead atoms. The van der Waals surface area contributed by atoms with Crippen molar-refractivity contribution in [2.75, 3.05) is 7.11 Å². The zero-order chi connectivity index (χ0) is 17.3. The fourth-order valence-electron chi connectivity index (χ4n) is 2.60. The summed E-state index contributed by atoms with van der Waals surface area (Å²) in [7, 11) is -2.48. The van der Waals surface area contributed by atoms with Crippen LogP contribution in [0.1, 0.15) is 24.4 Å². The van der Waals surface area contributed by atoms with Crippen LogP contribution in [0.5, 0.6) is 5.75 Å². The second kappa shape index (κ2) is 6.49. The molecule has 128 valence electrons. The normalized spacial score (nSPS) is 16.0. The smallest absolute Gasteiger partial charge is 0.241 e.